The van der Waals surface area contributed by atoms with E-state index in [2.05, 4.69) is 32.5 Å². The summed E-state index contributed by atoms with van der Waals surface area (Å²) in [4.78, 5) is 14.4. The molecule has 0 aliphatic carbocycles. The number of rotatable bonds is 7. The van der Waals surface area contributed by atoms with Crippen molar-refractivity contribution in [2.45, 2.75) is 20.0 Å². The summed E-state index contributed by atoms with van der Waals surface area (Å²) in [6.07, 6.45) is 0. The largest absolute Gasteiger partial charge is 0.493 e. The van der Waals surface area contributed by atoms with E-state index in [1.165, 1.54) is 5.69 Å². The molecular formula is C21H26N4O2S2. The molecule has 1 fully saturated rings. The number of aromatic nitrogens is 2. The van der Waals surface area contributed by atoms with Gasteiger partial charge in [-0.1, -0.05) is 6.07 Å². The average molecular weight is 431 g/mol. The molecule has 0 saturated carbocycles. The van der Waals surface area contributed by atoms with Crippen LogP contribution < -0.4 is 9.47 Å². The number of piperazine rings is 1. The number of thiazole rings is 2. The fraction of sp³-hybridized carbons (Fsp3) is 0.429. The minimum absolute atomic E-state index is 0.730. The summed E-state index contributed by atoms with van der Waals surface area (Å²) in [7, 11) is 3.33. The van der Waals surface area contributed by atoms with Gasteiger partial charge < -0.3 is 9.47 Å². The number of methoxy groups -OCH3 is 2. The lowest BCUT2D eigenvalue weighted by Crippen LogP contribution is -2.45. The maximum Gasteiger partial charge on any atom is 0.170 e. The van der Waals surface area contributed by atoms with Gasteiger partial charge in [0.15, 0.2) is 11.5 Å². The Morgan fingerprint density at radius 3 is 2.14 bits per heavy atom. The van der Waals surface area contributed by atoms with Crippen LogP contribution in [0, 0.1) is 6.92 Å². The summed E-state index contributed by atoms with van der Waals surface area (Å²) in [5.74, 6) is 1.47. The summed E-state index contributed by atoms with van der Waals surface area (Å²) in [5, 5.41) is 6.43. The summed E-state index contributed by atoms with van der Waals surface area (Å²) < 4.78 is 11.0. The first-order valence-corrected chi connectivity index (χ1v) is 11.4. The standard InChI is InChI=1S/C21H26N4O2S2/c1-15-22-16(13-28-15)11-24-7-9-25(10-8-24)12-17-14-29-21(23-17)18-5-4-6-19(26-2)20(18)27-3/h4-6,13-14H,7-12H2,1-3H3. The molecule has 6 nitrogen and oxygen atoms in total. The van der Waals surface area contributed by atoms with Gasteiger partial charge in [0.1, 0.15) is 5.01 Å². The van der Waals surface area contributed by atoms with Crippen molar-refractivity contribution in [3.63, 3.8) is 0 Å². The van der Waals surface area contributed by atoms with Crippen LogP contribution in [0.25, 0.3) is 10.6 Å². The Hall–Kier alpha value is -2.00. The van der Waals surface area contributed by atoms with Crippen LogP contribution in [-0.2, 0) is 13.1 Å². The van der Waals surface area contributed by atoms with E-state index in [0.29, 0.717) is 0 Å². The molecule has 0 atom stereocenters. The van der Waals surface area contributed by atoms with Gasteiger partial charge in [0.05, 0.1) is 36.2 Å². The van der Waals surface area contributed by atoms with Crippen molar-refractivity contribution >= 4 is 22.7 Å². The maximum absolute atomic E-state index is 5.56. The van der Waals surface area contributed by atoms with Crippen molar-refractivity contribution in [3.05, 3.63) is 45.4 Å². The van der Waals surface area contributed by atoms with E-state index >= 15 is 0 Å². The summed E-state index contributed by atoms with van der Waals surface area (Å²) in [6, 6.07) is 5.91. The molecule has 1 aliphatic rings. The molecule has 2 aromatic heterocycles. The van der Waals surface area contributed by atoms with Crippen LogP contribution in [0.3, 0.4) is 0 Å². The van der Waals surface area contributed by atoms with Crippen molar-refractivity contribution in [2.24, 2.45) is 0 Å². The third-order valence-corrected chi connectivity index (χ3v) is 6.83. The molecule has 0 radical (unpaired) electrons. The Bertz CT molecular complexity index is 948. The number of hydrogen-bond donors (Lipinski definition) is 0. The number of benzene rings is 1. The molecule has 154 valence electrons. The lowest BCUT2D eigenvalue weighted by molar-refractivity contribution is 0.120. The van der Waals surface area contributed by atoms with Crippen LogP contribution in [0.2, 0.25) is 0 Å². The Kier molecular flexibility index (Phi) is 6.44. The molecule has 3 heterocycles. The van der Waals surface area contributed by atoms with Gasteiger partial charge in [0.25, 0.3) is 0 Å². The van der Waals surface area contributed by atoms with Crippen molar-refractivity contribution < 1.29 is 9.47 Å². The predicted octanol–water partition coefficient (Wildman–Crippen LogP) is 3.91. The second-order valence-corrected chi connectivity index (χ2v) is 9.02. The summed E-state index contributed by atoms with van der Waals surface area (Å²) in [6.45, 7) is 8.14. The monoisotopic (exact) mass is 430 g/mol. The summed E-state index contributed by atoms with van der Waals surface area (Å²) >= 11 is 3.38. The second-order valence-electron chi connectivity index (χ2n) is 7.10. The Morgan fingerprint density at radius 2 is 1.55 bits per heavy atom. The maximum atomic E-state index is 5.56. The fourth-order valence-corrected chi connectivity index (χ4v) is 5.04. The van der Waals surface area contributed by atoms with Crippen LogP contribution in [0.1, 0.15) is 16.4 Å². The molecule has 0 N–H and O–H groups in total. The highest BCUT2D eigenvalue weighted by molar-refractivity contribution is 7.13. The normalized spacial score (nSPS) is 15.6. The van der Waals surface area contributed by atoms with Crippen molar-refractivity contribution in [3.8, 4) is 22.1 Å². The molecule has 0 unspecified atom stereocenters. The van der Waals surface area contributed by atoms with Gasteiger partial charge in [-0.05, 0) is 19.1 Å². The second kappa shape index (κ2) is 9.21. The predicted molar refractivity (Wildman–Crippen MR) is 118 cm³/mol. The molecule has 0 amide bonds. The van der Waals surface area contributed by atoms with Crippen LogP contribution in [0.5, 0.6) is 11.5 Å². The molecule has 4 rings (SSSR count). The van der Waals surface area contributed by atoms with Gasteiger partial charge in [-0.2, -0.15) is 0 Å². The molecule has 1 aromatic carbocycles. The lowest BCUT2D eigenvalue weighted by atomic mass is 10.2. The van der Waals surface area contributed by atoms with E-state index in [1.807, 2.05) is 18.2 Å². The molecule has 0 spiro atoms. The third-order valence-electron chi connectivity index (χ3n) is 5.09. The first-order chi connectivity index (χ1) is 14.2. The zero-order chi connectivity index (χ0) is 20.2. The van der Waals surface area contributed by atoms with Gasteiger partial charge in [0, 0.05) is 50.0 Å². The zero-order valence-corrected chi connectivity index (χ0v) is 18.7. The van der Waals surface area contributed by atoms with Crippen LogP contribution >= 0.6 is 22.7 Å². The van der Waals surface area contributed by atoms with Gasteiger partial charge >= 0.3 is 0 Å². The minimum Gasteiger partial charge on any atom is -0.493 e. The molecule has 1 saturated heterocycles. The number of ether oxygens (including phenoxy) is 2. The zero-order valence-electron chi connectivity index (χ0n) is 17.1. The van der Waals surface area contributed by atoms with E-state index in [-0.39, 0.29) is 0 Å². The smallest absolute Gasteiger partial charge is 0.170 e. The Balaban J connectivity index is 1.36. The minimum atomic E-state index is 0.730. The van der Waals surface area contributed by atoms with E-state index < -0.39 is 0 Å². The van der Waals surface area contributed by atoms with Crippen LogP contribution in [-0.4, -0.2) is 60.2 Å². The van der Waals surface area contributed by atoms with Gasteiger partial charge in [-0.15, -0.1) is 22.7 Å². The van der Waals surface area contributed by atoms with Crippen LogP contribution in [0.4, 0.5) is 0 Å². The SMILES string of the molecule is COc1cccc(-c2nc(CN3CCN(Cc4csc(C)n4)CC3)cs2)c1OC. The first kappa shape index (κ1) is 20.3. The molecule has 8 heteroatoms. The average Bonchev–Trinajstić information content (AvgIpc) is 3.37. The van der Waals surface area contributed by atoms with E-state index in [1.54, 1.807) is 36.9 Å². The van der Waals surface area contributed by atoms with Gasteiger partial charge in [-0.3, -0.25) is 9.80 Å². The number of nitrogens with zero attached hydrogens (tertiary/aromatic N) is 4. The Morgan fingerprint density at radius 1 is 0.897 bits per heavy atom. The van der Waals surface area contributed by atoms with Gasteiger partial charge in [0.2, 0.25) is 0 Å². The van der Waals surface area contributed by atoms with E-state index in [4.69, 9.17) is 14.5 Å². The number of aryl methyl sites for hydroxylation is 1. The number of para-hydroxylation sites is 1. The molecule has 0 bridgehead atoms. The number of hydrogen-bond acceptors (Lipinski definition) is 8. The fourth-order valence-electron chi connectivity index (χ4n) is 3.60. The van der Waals surface area contributed by atoms with Gasteiger partial charge in [-0.25, -0.2) is 9.97 Å². The lowest BCUT2D eigenvalue weighted by Gasteiger charge is -2.33. The summed E-state index contributed by atoms with van der Waals surface area (Å²) in [5.41, 5.74) is 3.28. The van der Waals surface area contributed by atoms with E-state index in [0.717, 1.165) is 72.0 Å². The van der Waals surface area contributed by atoms with E-state index in [9.17, 15) is 0 Å². The third kappa shape index (κ3) is 4.78. The molecule has 29 heavy (non-hydrogen) atoms. The molecule has 3 aromatic rings. The van der Waals surface area contributed by atoms with Crippen molar-refractivity contribution in [1.82, 2.24) is 19.8 Å². The highest BCUT2D eigenvalue weighted by Crippen LogP contribution is 2.39. The Labute approximate surface area is 179 Å². The first-order valence-electron chi connectivity index (χ1n) is 9.67. The van der Waals surface area contributed by atoms with Crippen molar-refractivity contribution in [1.29, 1.82) is 0 Å². The molecule has 1 aliphatic heterocycles. The van der Waals surface area contributed by atoms with Crippen molar-refractivity contribution in [2.75, 3.05) is 40.4 Å². The molecular weight excluding hydrogens is 404 g/mol. The highest BCUT2D eigenvalue weighted by atomic mass is 32.1. The topological polar surface area (TPSA) is 50.7 Å². The van der Waals surface area contributed by atoms with Crippen LogP contribution in [0.15, 0.2) is 29.0 Å². The quantitative estimate of drug-likeness (QED) is 0.566. The highest BCUT2D eigenvalue weighted by Gasteiger charge is 2.20.